The highest BCUT2D eigenvalue weighted by atomic mass is 32.1. The van der Waals surface area contributed by atoms with Crippen molar-refractivity contribution in [3.05, 3.63) is 36.0 Å². The third-order valence-corrected chi connectivity index (χ3v) is 13.2. The number of carboxylic acids is 3. The second-order valence-corrected chi connectivity index (χ2v) is 18.4. The fraction of sp³-hybridized carbons (Fsp3) is 0.533. The van der Waals surface area contributed by atoms with Crippen molar-refractivity contribution in [3.8, 4) is 0 Å². The molecule has 12 N–H and O–H groups in total. The first-order valence-corrected chi connectivity index (χ1v) is 24.9. The maximum Gasteiger partial charge on any atom is 0.305 e. The summed E-state index contributed by atoms with van der Waals surface area (Å²) >= 11 is 8.34. The summed E-state index contributed by atoms with van der Waals surface area (Å²) in [5, 5.41) is 48.4. The van der Waals surface area contributed by atoms with Crippen LogP contribution in [0.2, 0.25) is 0 Å². The molecule has 3 aliphatic heterocycles. The van der Waals surface area contributed by atoms with Crippen molar-refractivity contribution in [1.29, 1.82) is 0 Å². The van der Waals surface area contributed by atoms with Gasteiger partial charge in [0.1, 0.15) is 48.3 Å². The number of hydrogen-bond acceptors (Lipinski definition) is 15. The number of hydrogen-bond donors (Lipinski definition) is 14. The van der Waals surface area contributed by atoms with Gasteiger partial charge in [-0.25, -0.2) is 0 Å². The van der Waals surface area contributed by atoms with E-state index in [1.54, 1.807) is 30.5 Å². The molecule has 27 nitrogen and oxygen atoms in total. The molecule has 74 heavy (non-hydrogen) atoms. The Hall–Kier alpha value is -7.43. The summed E-state index contributed by atoms with van der Waals surface area (Å²) in [5.41, 5.74) is 1.26. The van der Waals surface area contributed by atoms with E-state index in [2.05, 4.69) is 72.8 Å². The van der Waals surface area contributed by atoms with Crippen molar-refractivity contribution in [3.63, 3.8) is 0 Å². The SMILES string of the molecule is O=C(O)CC[C@@H]1NC(=O)[C@H](CS)NC(=O)[C@H](CC(=O)O)NC(=O)[C@@H]2CCCN2C(=O)CNC(=O)[C@H](Cc2c[nH]c3ccccc23)NC(=O)[C@H](CS)NC(=O)[C@H](CCC(=O)O)NC(=O)[C@@H]2CCCN2C(=O)CNC1=O. The van der Waals surface area contributed by atoms with Crippen LogP contribution in [0.5, 0.6) is 0 Å². The van der Waals surface area contributed by atoms with Gasteiger partial charge in [-0.15, -0.1) is 0 Å². The molecule has 29 heteroatoms. The summed E-state index contributed by atoms with van der Waals surface area (Å²) in [6.45, 7) is -1.50. The van der Waals surface area contributed by atoms with Crippen LogP contribution in [0.3, 0.4) is 0 Å². The topological polar surface area (TPSA) is 401 Å². The van der Waals surface area contributed by atoms with E-state index in [1.165, 1.54) is 0 Å². The Balaban J connectivity index is 1.47. The van der Waals surface area contributed by atoms with Gasteiger partial charge in [0.25, 0.3) is 0 Å². The number of nitrogens with one attached hydrogen (secondary N) is 9. The van der Waals surface area contributed by atoms with Crippen LogP contribution in [0, 0.1) is 0 Å². The highest BCUT2D eigenvalue weighted by molar-refractivity contribution is 7.80. The molecule has 2 aromatic rings. The lowest BCUT2D eigenvalue weighted by atomic mass is 10.0. The molecule has 8 atom stereocenters. The van der Waals surface area contributed by atoms with Gasteiger partial charge < -0.3 is 72.6 Å². The summed E-state index contributed by atoms with van der Waals surface area (Å²) in [7, 11) is 0. The predicted octanol–water partition coefficient (Wildman–Crippen LogP) is -4.09. The van der Waals surface area contributed by atoms with Crippen LogP contribution >= 0.6 is 25.3 Å². The number of thiol groups is 2. The summed E-state index contributed by atoms with van der Waals surface area (Å²) in [4.78, 5) is 178. The number of para-hydroxylation sites is 1. The first kappa shape index (κ1) is 57.5. The predicted molar refractivity (Wildman–Crippen MR) is 263 cm³/mol. The first-order valence-electron chi connectivity index (χ1n) is 23.6. The van der Waals surface area contributed by atoms with Crippen LogP contribution in [0.1, 0.15) is 63.4 Å². The van der Waals surface area contributed by atoms with Gasteiger partial charge in [0.05, 0.1) is 19.5 Å². The summed E-state index contributed by atoms with van der Waals surface area (Å²) < 4.78 is 0. The summed E-state index contributed by atoms with van der Waals surface area (Å²) in [5.74, 6) is -14.7. The lowest BCUT2D eigenvalue weighted by Crippen LogP contribution is -2.60. The molecule has 10 amide bonds. The Morgan fingerprint density at radius 2 is 0.946 bits per heavy atom. The third kappa shape index (κ3) is 15.8. The number of aromatic amines is 1. The fourth-order valence-corrected chi connectivity index (χ4v) is 9.16. The van der Waals surface area contributed by atoms with E-state index in [-0.39, 0.29) is 50.9 Å². The number of carbonyl (C=O) groups excluding carboxylic acids is 10. The summed E-state index contributed by atoms with van der Waals surface area (Å²) in [6, 6.07) is -5.08. The van der Waals surface area contributed by atoms with Gasteiger partial charge in [0, 0.05) is 61.0 Å². The zero-order chi connectivity index (χ0) is 54.2. The van der Waals surface area contributed by atoms with Gasteiger partial charge in [-0.05, 0) is 50.2 Å². The number of nitrogens with zero attached hydrogens (tertiary/aromatic N) is 2. The molecule has 0 aliphatic carbocycles. The zero-order valence-electron chi connectivity index (χ0n) is 39.8. The average Bonchev–Trinajstić information content (AvgIpc) is 4.16. The minimum absolute atomic E-state index is 0.000910. The molecular formula is C45H59N11O16S2. The van der Waals surface area contributed by atoms with Gasteiger partial charge in [0.15, 0.2) is 0 Å². The molecule has 0 bridgehead atoms. The van der Waals surface area contributed by atoms with Crippen molar-refractivity contribution in [2.75, 3.05) is 37.7 Å². The molecule has 0 radical (unpaired) electrons. The molecule has 5 rings (SSSR count). The molecule has 3 aliphatic rings. The highest BCUT2D eigenvalue weighted by Gasteiger charge is 2.40. The van der Waals surface area contributed by atoms with Crippen LogP contribution in [0.15, 0.2) is 30.5 Å². The molecule has 3 fully saturated rings. The standard InChI is InChI=1S/C45H59N11O16S2/c57-33-18-47-38(65)25(9-11-35(59)60)49-42(69)29(20-73)54-41(68)28(16-37(63)64)52-45(72)32-8-4-14-56(32)34(58)19-48-39(66)27(15-22-17-46-24-6-2-1-5-23(22)24)51-43(70)30(21-74)53-40(67)26(10-12-36(61)62)50-44(71)31-7-3-13-55(31)33/h1-2,5-6,17,25-32,46,73-74H,3-4,7-16,18-21H2,(H,47,65)(H,48,66)(H,49,69)(H,50,71)(H,51,70)(H,52,72)(H,53,67)(H,54,68)(H,59,60)(H,61,62)(H,63,64)/t25-,26-,27-,28-,29-,30-,31-,32-/m0/s1. The van der Waals surface area contributed by atoms with Crippen molar-refractivity contribution >= 4 is 113 Å². The van der Waals surface area contributed by atoms with Crippen molar-refractivity contribution in [1.82, 2.24) is 57.3 Å². The van der Waals surface area contributed by atoms with Gasteiger partial charge in [-0.3, -0.25) is 62.3 Å². The zero-order valence-corrected chi connectivity index (χ0v) is 41.5. The molecule has 402 valence electrons. The Labute approximate surface area is 433 Å². The Kier molecular flexibility index (Phi) is 21.0. The Morgan fingerprint density at radius 3 is 1.45 bits per heavy atom. The number of carboxylic acid groups (broad SMARTS) is 3. The minimum atomic E-state index is -1.84. The average molecular weight is 1070 g/mol. The number of aliphatic carboxylic acids is 3. The van der Waals surface area contributed by atoms with E-state index < -0.39 is 176 Å². The number of H-pyrrole nitrogens is 1. The van der Waals surface area contributed by atoms with E-state index in [9.17, 15) is 77.6 Å². The Morgan fingerprint density at radius 1 is 0.527 bits per heavy atom. The first-order chi connectivity index (χ1) is 35.2. The van der Waals surface area contributed by atoms with E-state index in [4.69, 9.17) is 0 Å². The van der Waals surface area contributed by atoms with Crippen LogP contribution in [-0.4, -0.2) is 193 Å². The van der Waals surface area contributed by atoms with Crippen molar-refractivity contribution < 1.29 is 77.6 Å². The maximum absolute atomic E-state index is 14.0. The Bertz CT molecular complexity index is 2510. The van der Waals surface area contributed by atoms with Gasteiger partial charge in [-0.2, -0.15) is 25.3 Å². The fourth-order valence-electron chi connectivity index (χ4n) is 8.65. The quantitative estimate of drug-likeness (QED) is 0.0899. The number of aromatic nitrogens is 1. The van der Waals surface area contributed by atoms with E-state index >= 15 is 0 Å². The molecule has 3 saturated heterocycles. The second-order valence-electron chi connectivity index (χ2n) is 17.7. The number of fused-ring (bicyclic) bond motifs is 3. The number of benzene rings is 1. The monoisotopic (exact) mass is 1070 g/mol. The van der Waals surface area contributed by atoms with Crippen molar-refractivity contribution in [2.45, 2.75) is 113 Å². The van der Waals surface area contributed by atoms with E-state index in [0.29, 0.717) is 16.5 Å². The van der Waals surface area contributed by atoms with Gasteiger partial charge >= 0.3 is 17.9 Å². The number of carbonyl (C=O) groups is 13. The molecule has 0 spiro atoms. The minimum Gasteiger partial charge on any atom is -0.481 e. The molecule has 4 heterocycles. The van der Waals surface area contributed by atoms with Gasteiger partial charge in [0.2, 0.25) is 59.1 Å². The smallest absolute Gasteiger partial charge is 0.305 e. The molecule has 1 aromatic carbocycles. The van der Waals surface area contributed by atoms with Crippen LogP contribution < -0.4 is 42.5 Å². The van der Waals surface area contributed by atoms with Crippen LogP contribution in [-0.2, 0) is 68.7 Å². The molecular weight excluding hydrogens is 1010 g/mol. The van der Waals surface area contributed by atoms with E-state index in [1.807, 2.05) is 0 Å². The van der Waals surface area contributed by atoms with Gasteiger partial charge in [-0.1, -0.05) is 18.2 Å². The lowest BCUT2D eigenvalue weighted by Gasteiger charge is -2.28. The molecule has 0 saturated carbocycles. The molecule has 0 unspecified atom stereocenters. The van der Waals surface area contributed by atoms with Crippen molar-refractivity contribution in [2.24, 2.45) is 0 Å². The third-order valence-electron chi connectivity index (χ3n) is 12.5. The number of rotatable bonds is 12. The van der Waals surface area contributed by atoms with Crippen LogP contribution in [0.4, 0.5) is 0 Å². The lowest BCUT2D eigenvalue weighted by molar-refractivity contribution is -0.143. The van der Waals surface area contributed by atoms with E-state index in [0.717, 1.165) is 9.80 Å². The summed E-state index contributed by atoms with van der Waals surface area (Å²) in [6.07, 6.45) is -1.19. The largest absolute Gasteiger partial charge is 0.481 e. The normalized spacial score (nSPS) is 25.8. The second kappa shape index (κ2) is 27.0. The highest BCUT2D eigenvalue weighted by Crippen LogP contribution is 2.22. The van der Waals surface area contributed by atoms with Crippen LogP contribution in [0.25, 0.3) is 10.9 Å². The number of amides is 10. The maximum atomic E-state index is 14.0. The molecule has 1 aromatic heterocycles.